The van der Waals surface area contributed by atoms with Crippen molar-refractivity contribution in [2.45, 2.75) is 38.4 Å². The summed E-state index contributed by atoms with van der Waals surface area (Å²) in [6, 6.07) is 9.77. The van der Waals surface area contributed by atoms with Crippen molar-refractivity contribution in [3.05, 3.63) is 35.9 Å². The molecule has 1 saturated carbocycles. The Morgan fingerprint density at radius 3 is 2.79 bits per heavy atom. The van der Waals surface area contributed by atoms with Gasteiger partial charge in [-0.25, -0.2) is 4.79 Å². The Hall–Kier alpha value is -1.59. The second-order valence-corrected chi connectivity index (χ2v) is 6.79. The highest BCUT2D eigenvalue weighted by atomic mass is 16.6. The summed E-state index contributed by atoms with van der Waals surface area (Å²) in [5, 5.41) is 3.51. The molecule has 1 heterocycles. The maximum Gasteiger partial charge on any atom is 0.410 e. The van der Waals surface area contributed by atoms with Crippen LogP contribution in [0.2, 0.25) is 0 Å². The van der Waals surface area contributed by atoms with E-state index < -0.39 is 0 Å². The molecular weight excluding hydrogens is 304 g/mol. The molecule has 3 rings (SSSR count). The van der Waals surface area contributed by atoms with E-state index in [0.717, 1.165) is 24.6 Å². The molecule has 132 valence electrons. The second-order valence-electron chi connectivity index (χ2n) is 6.79. The molecule has 1 aromatic carbocycles. The Morgan fingerprint density at radius 1 is 1.21 bits per heavy atom. The number of morpholine rings is 1. The first-order chi connectivity index (χ1) is 11.8. The minimum atomic E-state index is -0.247. The summed E-state index contributed by atoms with van der Waals surface area (Å²) in [5.41, 5.74) is 1.01. The highest BCUT2D eigenvalue weighted by Crippen LogP contribution is 2.23. The second kappa shape index (κ2) is 9.04. The Labute approximate surface area is 144 Å². The molecule has 1 aliphatic carbocycles. The summed E-state index contributed by atoms with van der Waals surface area (Å²) in [6.07, 6.45) is 5.24. The first-order valence-electron chi connectivity index (χ1n) is 9.09. The van der Waals surface area contributed by atoms with Crippen LogP contribution in [-0.4, -0.2) is 49.9 Å². The molecule has 0 spiro atoms. The van der Waals surface area contributed by atoms with Crippen molar-refractivity contribution in [3.8, 4) is 0 Å². The fourth-order valence-corrected chi connectivity index (χ4v) is 3.48. The SMILES string of the molecule is O=C(OCc1ccccc1)N1CCOC(CNCC2CCCC2)C1. The minimum Gasteiger partial charge on any atom is -0.445 e. The van der Waals surface area contributed by atoms with Gasteiger partial charge >= 0.3 is 6.09 Å². The lowest BCUT2D eigenvalue weighted by atomic mass is 10.1. The third kappa shape index (κ3) is 5.21. The van der Waals surface area contributed by atoms with Crippen LogP contribution in [0.25, 0.3) is 0 Å². The maximum atomic E-state index is 12.2. The average Bonchev–Trinajstić information content (AvgIpc) is 3.14. The molecule has 2 aliphatic rings. The van der Waals surface area contributed by atoms with E-state index in [-0.39, 0.29) is 12.2 Å². The molecule has 0 radical (unpaired) electrons. The first-order valence-corrected chi connectivity index (χ1v) is 9.09. The van der Waals surface area contributed by atoms with Crippen LogP contribution in [0.15, 0.2) is 30.3 Å². The van der Waals surface area contributed by atoms with Gasteiger partial charge in [-0.05, 0) is 30.9 Å². The van der Waals surface area contributed by atoms with Crippen LogP contribution >= 0.6 is 0 Å². The number of ether oxygens (including phenoxy) is 2. The summed E-state index contributed by atoms with van der Waals surface area (Å²) in [4.78, 5) is 14.0. The number of hydrogen-bond acceptors (Lipinski definition) is 4. The van der Waals surface area contributed by atoms with E-state index in [9.17, 15) is 4.79 Å². The monoisotopic (exact) mass is 332 g/mol. The Balaban J connectivity index is 1.37. The van der Waals surface area contributed by atoms with Gasteiger partial charge < -0.3 is 19.7 Å². The summed E-state index contributed by atoms with van der Waals surface area (Å²) < 4.78 is 11.2. The summed E-state index contributed by atoms with van der Waals surface area (Å²) in [5.74, 6) is 0.820. The van der Waals surface area contributed by atoms with E-state index in [2.05, 4.69) is 5.32 Å². The van der Waals surface area contributed by atoms with E-state index in [1.165, 1.54) is 25.7 Å². The van der Waals surface area contributed by atoms with Gasteiger partial charge in [0.25, 0.3) is 0 Å². The van der Waals surface area contributed by atoms with Crippen LogP contribution in [0.3, 0.4) is 0 Å². The van der Waals surface area contributed by atoms with Crippen LogP contribution in [0.1, 0.15) is 31.2 Å². The zero-order valence-corrected chi connectivity index (χ0v) is 14.3. The molecular formula is C19H28N2O3. The smallest absolute Gasteiger partial charge is 0.410 e. The third-order valence-electron chi connectivity index (χ3n) is 4.88. The van der Waals surface area contributed by atoms with Gasteiger partial charge in [0.2, 0.25) is 0 Å². The minimum absolute atomic E-state index is 0.0597. The molecule has 1 aliphatic heterocycles. The number of carbonyl (C=O) groups excluding carboxylic acids is 1. The third-order valence-corrected chi connectivity index (χ3v) is 4.88. The zero-order chi connectivity index (χ0) is 16.6. The molecule has 5 nitrogen and oxygen atoms in total. The number of rotatable bonds is 6. The van der Waals surface area contributed by atoms with Crippen molar-refractivity contribution in [2.24, 2.45) is 5.92 Å². The van der Waals surface area contributed by atoms with E-state index >= 15 is 0 Å². The number of nitrogens with zero attached hydrogens (tertiary/aromatic N) is 1. The lowest BCUT2D eigenvalue weighted by Gasteiger charge is -2.32. The number of nitrogens with one attached hydrogen (secondary N) is 1. The van der Waals surface area contributed by atoms with Crippen molar-refractivity contribution in [1.82, 2.24) is 10.2 Å². The fourth-order valence-electron chi connectivity index (χ4n) is 3.48. The van der Waals surface area contributed by atoms with Crippen molar-refractivity contribution < 1.29 is 14.3 Å². The largest absolute Gasteiger partial charge is 0.445 e. The predicted octanol–water partition coefficient (Wildman–Crippen LogP) is 2.80. The van der Waals surface area contributed by atoms with E-state index in [1.54, 1.807) is 4.90 Å². The van der Waals surface area contributed by atoms with Gasteiger partial charge in [-0.1, -0.05) is 43.2 Å². The van der Waals surface area contributed by atoms with Crippen molar-refractivity contribution in [3.63, 3.8) is 0 Å². The van der Waals surface area contributed by atoms with E-state index in [4.69, 9.17) is 9.47 Å². The van der Waals surface area contributed by atoms with Gasteiger partial charge in [-0.2, -0.15) is 0 Å². The quantitative estimate of drug-likeness (QED) is 0.870. The zero-order valence-electron chi connectivity index (χ0n) is 14.3. The molecule has 2 fully saturated rings. The summed E-state index contributed by atoms with van der Waals surface area (Å²) in [6.45, 7) is 3.98. The van der Waals surface area contributed by atoms with Crippen LogP contribution in [0, 0.1) is 5.92 Å². The Kier molecular flexibility index (Phi) is 6.49. The average molecular weight is 332 g/mol. The molecule has 5 heteroatoms. The molecule has 0 bridgehead atoms. The van der Waals surface area contributed by atoms with Crippen LogP contribution < -0.4 is 5.32 Å². The predicted molar refractivity (Wildman–Crippen MR) is 92.8 cm³/mol. The number of amides is 1. The van der Waals surface area contributed by atoms with Gasteiger partial charge in [0.1, 0.15) is 6.61 Å². The maximum absolute atomic E-state index is 12.2. The van der Waals surface area contributed by atoms with Crippen molar-refractivity contribution >= 4 is 6.09 Å². The summed E-state index contributed by atoms with van der Waals surface area (Å²) >= 11 is 0. The van der Waals surface area contributed by atoms with Gasteiger partial charge in [-0.15, -0.1) is 0 Å². The number of hydrogen-bond donors (Lipinski definition) is 1. The number of carbonyl (C=O) groups is 1. The van der Waals surface area contributed by atoms with Crippen LogP contribution in [0.4, 0.5) is 4.79 Å². The van der Waals surface area contributed by atoms with Crippen molar-refractivity contribution in [2.75, 3.05) is 32.8 Å². The normalized spacial score (nSPS) is 21.8. The van der Waals surface area contributed by atoms with Gasteiger partial charge in [0.05, 0.1) is 19.3 Å². The molecule has 1 unspecified atom stereocenters. The number of benzene rings is 1. The Morgan fingerprint density at radius 2 is 2.00 bits per heavy atom. The molecule has 1 saturated heterocycles. The highest BCUT2D eigenvalue weighted by molar-refractivity contribution is 5.67. The standard InChI is InChI=1S/C19H28N2O3/c22-19(24-15-17-8-2-1-3-9-17)21-10-11-23-18(14-21)13-20-12-16-6-4-5-7-16/h1-3,8-9,16,18,20H,4-7,10-15H2. The molecule has 1 atom stereocenters. The topological polar surface area (TPSA) is 50.8 Å². The lowest BCUT2D eigenvalue weighted by molar-refractivity contribution is -0.0272. The van der Waals surface area contributed by atoms with E-state index in [1.807, 2.05) is 30.3 Å². The van der Waals surface area contributed by atoms with Crippen LogP contribution in [-0.2, 0) is 16.1 Å². The molecule has 1 aromatic rings. The van der Waals surface area contributed by atoms with Crippen LogP contribution in [0.5, 0.6) is 0 Å². The Bertz CT molecular complexity index is 503. The van der Waals surface area contributed by atoms with Gasteiger partial charge in [0, 0.05) is 13.1 Å². The molecule has 24 heavy (non-hydrogen) atoms. The summed E-state index contributed by atoms with van der Waals surface area (Å²) in [7, 11) is 0. The fraction of sp³-hybridized carbons (Fsp3) is 0.632. The first kappa shape index (κ1) is 17.2. The van der Waals surface area contributed by atoms with Gasteiger partial charge in [-0.3, -0.25) is 0 Å². The van der Waals surface area contributed by atoms with Gasteiger partial charge in [0.15, 0.2) is 0 Å². The molecule has 0 aromatic heterocycles. The highest BCUT2D eigenvalue weighted by Gasteiger charge is 2.25. The lowest BCUT2D eigenvalue weighted by Crippen LogP contribution is -2.49. The van der Waals surface area contributed by atoms with E-state index in [0.29, 0.717) is 26.3 Å². The molecule has 1 N–H and O–H groups in total. The van der Waals surface area contributed by atoms with Crippen molar-refractivity contribution in [1.29, 1.82) is 0 Å². The molecule has 1 amide bonds.